The monoisotopic (exact) mass is 335 g/mol. The van der Waals surface area contributed by atoms with Gasteiger partial charge in [-0.2, -0.15) is 18.3 Å². The number of alkyl halides is 3. The molecule has 3 nitrogen and oxygen atoms in total. The molecule has 2 N–H and O–H groups in total. The summed E-state index contributed by atoms with van der Waals surface area (Å²) in [6.07, 6.45) is -4.76. The highest BCUT2D eigenvalue weighted by Crippen LogP contribution is 2.41. The molecule has 7 heteroatoms. The van der Waals surface area contributed by atoms with Crippen molar-refractivity contribution in [2.24, 2.45) is 0 Å². The molecule has 0 saturated heterocycles. The van der Waals surface area contributed by atoms with Gasteiger partial charge in [0.25, 0.3) is 0 Å². The summed E-state index contributed by atoms with van der Waals surface area (Å²) in [5.41, 5.74) is 5.30. The van der Waals surface area contributed by atoms with E-state index in [4.69, 9.17) is 5.73 Å². The van der Waals surface area contributed by atoms with Crippen molar-refractivity contribution < 1.29 is 17.6 Å². The topological polar surface area (TPSA) is 43.8 Å². The third-order valence-electron chi connectivity index (χ3n) is 3.61. The molecule has 1 heterocycles. The third kappa shape index (κ3) is 2.73. The second-order valence-electron chi connectivity index (χ2n) is 5.33. The fraction of sp³-hybridized carbons (Fsp3) is 0.118. The van der Waals surface area contributed by atoms with Crippen LogP contribution in [0.1, 0.15) is 11.3 Å². The molecule has 0 radical (unpaired) electrons. The Morgan fingerprint density at radius 1 is 1.00 bits per heavy atom. The van der Waals surface area contributed by atoms with E-state index >= 15 is 0 Å². The molecule has 1 aromatic heterocycles. The van der Waals surface area contributed by atoms with Crippen molar-refractivity contribution in [2.75, 3.05) is 5.73 Å². The molecule has 0 bridgehead atoms. The van der Waals surface area contributed by atoms with Crippen molar-refractivity contribution >= 4 is 5.82 Å². The van der Waals surface area contributed by atoms with Crippen molar-refractivity contribution in [3.63, 3.8) is 0 Å². The number of benzene rings is 2. The van der Waals surface area contributed by atoms with E-state index in [1.165, 1.54) is 18.2 Å². The highest BCUT2D eigenvalue weighted by Gasteiger charge is 2.40. The molecule has 0 aliphatic heterocycles. The molecule has 0 amide bonds. The van der Waals surface area contributed by atoms with E-state index in [0.29, 0.717) is 5.69 Å². The third-order valence-corrected chi connectivity index (χ3v) is 3.61. The van der Waals surface area contributed by atoms with Gasteiger partial charge in [0, 0.05) is 5.56 Å². The Labute approximate surface area is 135 Å². The number of nitrogens with zero attached hydrogens (tertiary/aromatic N) is 2. The highest BCUT2D eigenvalue weighted by atomic mass is 19.4. The van der Waals surface area contributed by atoms with Crippen LogP contribution < -0.4 is 5.73 Å². The van der Waals surface area contributed by atoms with Crippen molar-refractivity contribution in [1.29, 1.82) is 0 Å². The van der Waals surface area contributed by atoms with E-state index in [9.17, 15) is 17.6 Å². The lowest BCUT2D eigenvalue weighted by Gasteiger charge is -2.08. The number of aryl methyl sites for hydroxylation is 1. The predicted molar refractivity (Wildman–Crippen MR) is 83.1 cm³/mol. The number of nitrogens with two attached hydrogens (primary N) is 1. The summed E-state index contributed by atoms with van der Waals surface area (Å²) < 4.78 is 55.2. The normalized spacial score (nSPS) is 11.7. The molecule has 0 spiro atoms. The first-order valence-electron chi connectivity index (χ1n) is 7.06. The Balaban J connectivity index is 2.28. The molecular formula is C17H13F4N3. The van der Waals surface area contributed by atoms with Gasteiger partial charge in [0.2, 0.25) is 0 Å². The Morgan fingerprint density at radius 2 is 1.62 bits per heavy atom. The van der Waals surface area contributed by atoms with Crippen LogP contribution in [0.5, 0.6) is 0 Å². The molecule has 0 atom stereocenters. The number of halogens is 4. The Kier molecular flexibility index (Phi) is 3.79. The molecule has 2 aromatic carbocycles. The fourth-order valence-corrected chi connectivity index (χ4v) is 2.44. The van der Waals surface area contributed by atoms with Crippen LogP contribution in [0, 0.1) is 12.7 Å². The summed E-state index contributed by atoms with van der Waals surface area (Å²) in [5.74, 6) is -1.06. The first-order chi connectivity index (χ1) is 11.3. The van der Waals surface area contributed by atoms with Crippen LogP contribution in [-0.4, -0.2) is 9.78 Å². The molecule has 0 aliphatic carbocycles. The lowest BCUT2D eigenvalue weighted by Crippen LogP contribution is -2.09. The summed E-state index contributed by atoms with van der Waals surface area (Å²) in [5, 5.41) is 3.60. The smallest absolute Gasteiger partial charge is 0.383 e. The summed E-state index contributed by atoms with van der Waals surface area (Å²) >= 11 is 0. The Hall–Kier alpha value is -2.83. The summed E-state index contributed by atoms with van der Waals surface area (Å²) in [7, 11) is 0. The van der Waals surface area contributed by atoms with Gasteiger partial charge in [-0.05, 0) is 25.1 Å². The van der Waals surface area contributed by atoms with Gasteiger partial charge in [-0.3, -0.25) is 0 Å². The molecule has 24 heavy (non-hydrogen) atoms. The van der Waals surface area contributed by atoms with Crippen molar-refractivity contribution in [3.8, 4) is 16.8 Å². The number of aromatic nitrogens is 2. The molecular weight excluding hydrogens is 322 g/mol. The van der Waals surface area contributed by atoms with Gasteiger partial charge in [0.1, 0.15) is 11.6 Å². The minimum atomic E-state index is -4.76. The number of hydrogen-bond donors (Lipinski definition) is 1. The SMILES string of the molecule is Cc1ccc(-n2nc(C(F)(F)F)c(-c3ccccc3F)c2N)cc1. The van der Waals surface area contributed by atoms with Crippen LogP contribution >= 0.6 is 0 Å². The largest absolute Gasteiger partial charge is 0.435 e. The lowest BCUT2D eigenvalue weighted by atomic mass is 10.0. The zero-order valence-electron chi connectivity index (χ0n) is 12.6. The fourth-order valence-electron chi connectivity index (χ4n) is 2.44. The Morgan fingerprint density at radius 3 is 2.21 bits per heavy atom. The minimum absolute atomic E-state index is 0.235. The van der Waals surface area contributed by atoms with Crippen LogP contribution in [0.4, 0.5) is 23.4 Å². The maximum atomic E-state index is 14.0. The highest BCUT2D eigenvalue weighted by molar-refractivity contribution is 5.78. The van der Waals surface area contributed by atoms with Gasteiger partial charge in [-0.25, -0.2) is 9.07 Å². The average molecular weight is 335 g/mol. The van der Waals surface area contributed by atoms with E-state index < -0.39 is 23.3 Å². The maximum absolute atomic E-state index is 14.0. The number of anilines is 1. The zero-order valence-corrected chi connectivity index (χ0v) is 12.6. The lowest BCUT2D eigenvalue weighted by molar-refractivity contribution is -0.140. The zero-order chi connectivity index (χ0) is 17.5. The average Bonchev–Trinajstić information content (AvgIpc) is 2.86. The van der Waals surface area contributed by atoms with Gasteiger partial charge in [0.05, 0.1) is 11.3 Å². The van der Waals surface area contributed by atoms with Crippen molar-refractivity contribution in [1.82, 2.24) is 9.78 Å². The van der Waals surface area contributed by atoms with Crippen molar-refractivity contribution in [3.05, 3.63) is 65.6 Å². The predicted octanol–water partition coefficient (Wildman–Crippen LogP) is 4.59. The molecule has 0 saturated carbocycles. The van der Waals surface area contributed by atoms with Gasteiger partial charge in [0.15, 0.2) is 5.69 Å². The second-order valence-corrected chi connectivity index (χ2v) is 5.33. The Bertz CT molecular complexity index is 880. The first-order valence-corrected chi connectivity index (χ1v) is 7.06. The molecule has 3 aromatic rings. The van der Waals surface area contributed by atoms with Crippen molar-refractivity contribution in [2.45, 2.75) is 13.1 Å². The van der Waals surface area contributed by atoms with Gasteiger partial charge < -0.3 is 5.73 Å². The van der Waals surface area contributed by atoms with Gasteiger partial charge in [-0.1, -0.05) is 35.9 Å². The molecule has 0 unspecified atom stereocenters. The quantitative estimate of drug-likeness (QED) is 0.696. The molecule has 0 aliphatic rings. The van der Waals surface area contributed by atoms with Crippen LogP contribution in [0.25, 0.3) is 16.8 Å². The molecule has 124 valence electrons. The summed E-state index contributed by atoms with van der Waals surface area (Å²) in [6.45, 7) is 1.85. The molecule has 3 rings (SSSR count). The summed E-state index contributed by atoms with van der Waals surface area (Å²) in [4.78, 5) is 0. The van der Waals surface area contributed by atoms with E-state index in [0.717, 1.165) is 16.3 Å². The first kappa shape index (κ1) is 16.0. The van der Waals surface area contributed by atoms with E-state index in [2.05, 4.69) is 5.10 Å². The van der Waals surface area contributed by atoms with Crippen LogP contribution in [0.15, 0.2) is 48.5 Å². The van der Waals surface area contributed by atoms with Gasteiger partial charge >= 0.3 is 6.18 Å². The van der Waals surface area contributed by atoms with Gasteiger partial charge in [-0.15, -0.1) is 0 Å². The summed E-state index contributed by atoms with van der Waals surface area (Å²) in [6, 6.07) is 11.8. The number of rotatable bonds is 2. The van der Waals surface area contributed by atoms with E-state index in [1.807, 2.05) is 6.92 Å². The minimum Gasteiger partial charge on any atom is -0.383 e. The number of hydrogen-bond acceptors (Lipinski definition) is 2. The number of nitrogen functional groups attached to an aromatic ring is 1. The maximum Gasteiger partial charge on any atom is 0.435 e. The van der Waals surface area contributed by atoms with E-state index in [-0.39, 0.29) is 11.4 Å². The van der Waals surface area contributed by atoms with E-state index in [1.54, 1.807) is 24.3 Å². The van der Waals surface area contributed by atoms with Crippen LogP contribution in [-0.2, 0) is 6.18 Å². The van der Waals surface area contributed by atoms with Crippen LogP contribution in [0.3, 0.4) is 0 Å². The second kappa shape index (κ2) is 5.67. The van der Waals surface area contributed by atoms with Crippen LogP contribution in [0.2, 0.25) is 0 Å². The standard InChI is InChI=1S/C17H13F4N3/c1-10-6-8-11(9-7-10)24-16(22)14(15(23-24)17(19,20)21)12-4-2-3-5-13(12)18/h2-9H,22H2,1H3. The molecule has 0 fully saturated rings.